The fourth-order valence-corrected chi connectivity index (χ4v) is 1.52. The van der Waals surface area contributed by atoms with Crippen LogP contribution in [0.4, 0.5) is 0 Å². The van der Waals surface area contributed by atoms with E-state index in [2.05, 4.69) is 33.4 Å². The molecule has 0 unspecified atom stereocenters. The van der Waals surface area contributed by atoms with Crippen LogP contribution in [0.2, 0.25) is 0 Å². The zero-order valence-corrected chi connectivity index (χ0v) is 12.1. The molecule has 1 aromatic rings. The Morgan fingerprint density at radius 1 is 1.25 bits per heavy atom. The van der Waals surface area contributed by atoms with Crippen LogP contribution in [-0.4, -0.2) is 23.8 Å². The summed E-state index contributed by atoms with van der Waals surface area (Å²) < 4.78 is 1.11. The Kier molecular flexibility index (Phi) is 7.24. The van der Waals surface area contributed by atoms with Crippen LogP contribution in [0, 0.1) is 0 Å². The maximum atomic E-state index is 9.06. The molecule has 0 radical (unpaired) electrons. The summed E-state index contributed by atoms with van der Waals surface area (Å²) in [5.74, 6) is 0. The van der Waals surface area contributed by atoms with Crippen LogP contribution in [0.3, 0.4) is 0 Å². The van der Waals surface area contributed by atoms with Crippen LogP contribution in [0.5, 0.6) is 0 Å². The van der Waals surface area contributed by atoms with Crippen LogP contribution in [0.1, 0.15) is 19.4 Å². The fourth-order valence-electron chi connectivity index (χ4n) is 1.25. The van der Waals surface area contributed by atoms with E-state index in [4.69, 9.17) is 5.11 Å². The number of nitrogens with one attached hydrogen (secondary N) is 1. The van der Waals surface area contributed by atoms with Crippen LogP contribution < -0.4 is 5.32 Å². The highest BCUT2D eigenvalue weighted by molar-refractivity contribution is 9.10. The zero-order chi connectivity index (χ0) is 11.3. The minimum Gasteiger partial charge on any atom is -0.394 e. The predicted molar refractivity (Wildman–Crippen MR) is 74.3 cm³/mol. The maximum absolute atomic E-state index is 9.06. The van der Waals surface area contributed by atoms with Crippen molar-refractivity contribution in [2.24, 2.45) is 0 Å². The summed E-state index contributed by atoms with van der Waals surface area (Å²) in [6, 6.07) is 8.31. The van der Waals surface area contributed by atoms with E-state index in [-0.39, 0.29) is 24.6 Å². The number of hydrogen-bond donors (Lipinski definition) is 2. The molecule has 4 heteroatoms. The van der Waals surface area contributed by atoms with Crippen LogP contribution in [0.15, 0.2) is 28.7 Å². The van der Waals surface area contributed by atoms with E-state index in [9.17, 15) is 0 Å². The molecule has 1 rings (SSSR count). The first-order valence-corrected chi connectivity index (χ1v) is 5.93. The van der Waals surface area contributed by atoms with E-state index < -0.39 is 0 Å². The van der Waals surface area contributed by atoms with Crippen molar-refractivity contribution < 1.29 is 5.11 Å². The second-order valence-corrected chi connectivity index (χ2v) is 5.26. The summed E-state index contributed by atoms with van der Waals surface area (Å²) in [7, 11) is 0. The largest absolute Gasteiger partial charge is 0.394 e. The molecule has 0 spiro atoms. The second-order valence-electron chi connectivity index (χ2n) is 4.35. The normalized spacial score (nSPS) is 11.0. The first-order valence-electron chi connectivity index (χ1n) is 5.14. The van der Waals surface area contributed by atoms with Gasteiger partial charge in [0.05, 0.1) is 6.61 Å². The topological polar surface area (TPSA) is 32.3 Å². The van der Waals surface area contributed by atoms with Crippen molar-refractivity contribution >= 4 is 28.3 Å². The molecule has 0 atom stereocenters. The summed E-state index contributed by atoms with van der Waals surface area (Å²) in [4.78, 5) is 0. The van der Waals surface area contributed by atoms with Crippen molar-refractivity contribution in [3.05, 3.63) is 34.3 Å². The zero-order valence-electron chi connectivity index (χ0n) is 9.66. The quantitative estimate of drug-likeness (QED) is 0.877. The molecule has 0 amide bonds. The Morgan fingerprint density at radius 3 is 2.31 bits per heavy atom. The number of aliphatic hydroxyl groups excluding tert-OH is 1. The SMILES string of the molecule is CC(C)(CO)NCCc1ccc(Br)cc1.Cl. The lowest BCUT2D eigenvalue weighted by Crippen LogP contribution is -2.43. The van der Waals surface area contributed by atoms with Gasteiger partial charge in [-0.05, 0) is 44.5 Å². The maximum Gasteiger partial charge on any atom is 0.0607 e. The first-order chi connectivity index (χ1) is 7.03. The average Bonchev–Trinajstić information content (AvgIpc) is 2.21. The van der Waals surface area contributed by atoms with Gasteiger partial charge < -0.3 is 10.4 Å². The number of rotatable bonds is 5. The van der Waals surface area contributed by atoms with Gasteiger partial charge in [-0.15, -0.1) is 12.4 Å². The molecule has 0 aliphatic rings. The summed E-state index contributed by atoms with van der Waals surface area (Å²) >= 11 is 3.41. The molecular formula is C12H19BrClNO. The Morgan fingerprint density at radius 2 is 1.81 bits per heavy atom. The van der Waals surface area contributed by atoms with Gasteiger partial charge in [-0.1, -0.05) is 28.1 Å². The molecule has 0 aliphatic heterocycles. The Bertz CT molecular complexity index is 300. The van der Waals surface area contributed by atoms with Crippen LogP contribution in [-0.2, 0) is 6.42 Å². The molecular weight excluding hydrogens is 289 g/mol. The Hall–Kier alpha value is -0.0900. The van der Waals surface area contributed by atoms with Gasteiger partial charge in [-0.2, -0.15) is 0 Å². The molecule has 0 aliphatic carbocycles. The molecule has 0 aromatic heterocycles. The minimum absolute atomic E-state index is 0. The second kappa shape index (κ2) is 7.28. The lowest BCUT2D eigenvalue weighted by Gasteiger charge is -2.23. The monoisotopic (exact) mass is 307 g/mol. The fraction of sp³-hybridized carbons (Fsp3) is 0.500. The molecule has 92 valence electrons. The number of benzene rings is 1. The summed E-state index contributed by atoms with van der Waals surface area (Å²) in [6.07, 6.45) is 0.983. The van der Waals surface area contributed by atoms with Crippen LogP contribution >= 0.6 is 28.3 Å². The number of aliphatic hydroxyl groups is 1. The van der Waals surface area contributed by atoms with Gasteiger partial charge in [0.1, 0.15) is 0 Å². The molecule has 0 saturated heterocycles. The Labute approximate surface area is 112 Å². The molecule has 16 heavy (non-hydrogen) atoms. The molecule has 0 fully saturated rings. The number of hydrogen-bond acceptors (Lipinski definition) is 2. The molecule has 2 N–H and O–H groups in total. The predicted octanol–water partition coefficient (Wildman–Crippen LogP) is 2.77. The average molecular weight is 309 g/mol. The lowest BCUT2D eigenvalue weighted by atomic mass is 10.1. The number of halogens is 2. The standard InChI is InChI=1S/C12H18BrNO.ClH/c1-12(2,9-15)14-8-7-10-3-5-11(13)6-4-10;/h3-6,14-15H,7-9H2,1-2H3;1H. The van der Waals surface area contributed by atoms with E-state index in [1.807, 2.05) is 26.0 Å². The minimum atomic E-state index is -0.185. The highest BCUT2D eigenvalue weighted by Gasteiger charge is 2.13. The van der Waals surface area contributed by atoms with Crippen LogP contribution in [0.25, 0.3) is 0 Å². The van der Waals surface area contributed by atoms with E-state index in [1.165, 1.54) is 5.56 Å². The molecule has 0 saturated carbocycles. The molecule has 1 aromatic carbocycles. The first kappa shape index (κ1) is 15.9. The van der Waals surface area contributed by atoms with Gasteiger partial charge >= 0.3 is 0 Å². The van der Waals surface area contributed by atoms with E-state index >= 15 is 0 Å². The Balaban J connectivity index is 0.00000225. The molecule has 2 nitrogen and oxygen atoms in total. The van der Waals surface area contributed by atoms with Gasteiger partial charge in [0.2, 0.25) is 0 Å². The highest BCUT2D eigenvalue weighted by Crippen LogP contribution is 2.10. The smallest absolute Gasteiger partial charge is 0.0607 e. The van der Waals surface area contributed by atoms with Crippen molar-refractivity contribution in [2.45, 2.75) is 25.8 Å². The van der Waals surface area contributed by atoms with Crippen molar-refractivity contribution in [3.8, 4) is 0 Å². The van der Waals surface area contributed by atoms with Crippen molar-refractivity contribution in [2.75, 3.05) is 13.2 Å². The molecule has 0 bridgehead atoms. The van der Waals surface area contributed by atoms with Crippen molar-refractivity contribution in [1.82, 2.24) is 5.32 Å². The van der Waals surface area contributed by atoms with Gasteiger partial charge in [0.25, 0.3) is 0 Å². The third kappa shape index (κ3) is 5.85. The van der Waals surface area contributed by atoms with Gasteiger partial charge in [-0.3, -0.25) is 0 Å². The van der Waals surface area contributed by atoms with E-state index in [1.54, 1.807) is 0 Å². The summed E-state index contributed by atoms with van der Waals surface area (Å²) in [5.41, 5.74) is 1.12. The van der Waals surface area contributed by atoms with Gasteiger partial charge in [-0.25, -0.2) is 0 Å². The van der Waals surface area contributed by atoms with Crippen molar-refractivity contribution in [1.29, 1.82) is 0 Å². The van der Waals surface area contributed by atoms with Crippen molar-refractivity contribution in [3.63, 3.8) is 0 Å². The third-order valence-corrected chi connectivity index (χ3v) is 2.85. The summed E-state index contributed by atoms with van der Waals surface area (Å²) in [5, 5.41) is 12.4. The van der Waals surface area contributed by atoms with Gasteiger partial charge in [0, 0.05) is 10.0 Å². The third-order valence-electron chi connectivity index (χ3n) is 2.33. The lowest BCUT2D eigenvalue weighted by molar-refractivity contribution is 0.189. The van der Waals surface area contributed by atoms with Gasteiger partial charge in [0.15, 0.2) is 0 Å². The molecule has 0 heterocycles. The summed E-state index contributed by atoms with van der Waals surface area (Å²) in [6.45, 7) is 5.03. The highest BCUT2D eigenvalue weighted by atomic mass is 79.9. The van der Waals surface area contributed by atoms with E-state index in [0.29, 0.717) is 0 Å². The van der Waals surface area contributed by atoms with E-state index in [0.717, 1.165) is 17.4 Å².